The molecule has 1 N–H and O–H groups in total. The van der Waals surface area contributed by atoms with Crippen LogP contribution in [-0.4, -0.2) is 49.8 Å². The standard InChI is InChI=1S/C19H22N4O3S2/c1-22(2)28(25,26)17-11-7-4-8-14(17)12-20-19(24)23(3)13-18-21-15-9-5-6-10-16(15)27-18/h4-11H,12-13H2,1-3H3,(H,20,24). The highest BCUT2D eigenvalue weighted by Gasteiger charge is 2.21. The number of aromatic nitrogens is 1. The van der Waals surface area contributed by atoms with Crippen LogP contribution in [0.1, 0.15) is 10.6 Å². The van der Waals surface area contributed by atoms with E-state index < -0.39 is 10.0 Å². The number of nitrogens with zero attached hydrogens (tertiary/aromatic N) is 3. The molecule has 2 amide bonds. The largest absolute Gasteiger partial charge is 0.334 e. The minimum absolute atomic E-state index is 0.117. The summed E-state index contributed by atoms with van der Waals surface area (Å²) in [6, 6.07) is 14.2. The molecule has 0 aliphatic rings. The van der Waals surface area contributed by atoms with E-state index >= 15 is 0 Å². The minimum atomic E-state index is -3.58. The summed E-state index contributed by atoms with van der Waals surface area (Å²) in [5, 5.41) is 3.63. The number of nitrogens with one attached hydrogen (secondary N) is 1. The molecule has 0 fully saturated rings. The Labute approximate surface area is 168 Å². The van der Waals surface area contributed by atoms with Gasteiger partial charge < -0.3 is 10.2 Å². The van der Waals surface area contributed by atoms with Crippen molar-refractivity contribution in [2.24, 2.45) is 0 Å². The van der Waals surface area contributed by atoms with E-state index in [-0.39, 0.29) is 17.5 Å². The number of sulfonamides is 1. The zero-order chi connectivity index (χ0) is 20.3. The van der Waals surface area contributed by atoms with E-state index in [1.54, 1.807) is 42.6 Å². The summed E-state index contributed by atoms with van der Waals surface area (Å²) in [6.45, 7) is 0.495. The highest BCUT2D eigenvalue weighted by molar-refractivity contribution is 7.89. The van der Waals surface area contributed by atoms with E-state index in [1.165, 1.54) is 19.0 Å². The van der Waals surface area contributed by atoms with Gasteiger partial charge in [-0.2, -0.15) is 0 Å². The van der Waals surface area contributed by atoms with Gasteiger partial charge in [0.05, 0.1) is 21.7 Å². The average Bonchev–Trinajstić information content (AvgIpc) is 3.08. The second-order valence-electron chi connectivity index (χ2n) is 6.49. The normalized spacial score (nSPS) is 11.7. The number of fused-ring (bicyclic) bond motifs is 1. The summed E-state index contributed by atoms with van der Waals surface area (Å²) in [4.78, 5) is 18.7. The van der Waals surface area contributed by atoms with Gasteiger partial charge in [0.15, 0.2) is 0 Å². The zero-order valence-corrected chi connectivity index (χ0v) is 17.5. The number of urea groups is 1. The monoisotopic (exact) mass is 418 g/mol. The van der Waals surface area contributed by atoms with Crippen molar-refractivity contribution in [1.82, 2.24) is 19.5 Å². The van der Waals surface area contributed by atoms with Gasteiger partial charge >= 0.3 is 6.03 Å². The molecule has 0 unspecified atom stereocenters. The lowest BCUT2D eigenvalue weighted by molar-refractivity contribution is 0.206. The van der Waals surface area contributed by atoms with Gasteiger partial charge in [0.25, 0.3) is 0 Å². The molecule has 0 aliphatic carbocycles. The third kappa shape index (κ3) is 4.32. The van der Waals surface area contributed by atoms with Crippen LogP contribution in [0.15, 0.2) is 53.4 Å². The van der Waals surface area contributed by atoms with Crippen molar-refractivity contribution in [3.05, 3.63) is 59.1 Å². The molecule has 0 radical (unpaired) electrons. The minimum Gasteiger partial charge on any atom is -0.334 e. The van der Waals surface area contributed by atoms with Crippen LogP contribution >= 0.6 is 11.3 Å². The summed E-state index contributed by atoms with van der Waals surface area (Å²) >= 11 is 1.55. The second kappa shape index (κ2) is 8.26. The first kappa shape index (κ1) is 20.2. The first-order chi connectivity index (χ1) is 13.3. The topological polar surface area (TPSA) is 82.6 Å². The molecule has 0 spiro atoms. The van der Waals surface area contributed by atoms with Gasteiger partial charge in [-0.3, -0.25) is 0 Å². The predicted molar refractivity (Wildman–Crippen MR) is 111 cm³/mol. The van der Waals surface area contributed by atoms with Crippen molar-refractivity contribution in [3.63, 3.8) is 0 Å². The fourth-order valence-electron chi connectivity index (χ4n) is 2.67. The van der Waals surface area contributed by atoms with Crippen LogP contribution in [0.2, 0.25) is 0 Å². The molecule has 1 heterocycles. The van der Waals surface area contributed by atoms with Crippen molar-refractivity contribution in [2.45, 2.75) is 18.0 Å². The number of rotatable bonds is 6. The number of hydrogen-bond acceptors (Lipinski definition) is 5. The molecule has 0 aliphatic heterocycles. The lowest BCUT2D eigenvalue weighted by Crippen LogP contribution is -2.36. The first-order valence-corrected chi connectivity index (χ1v) is 10.9. The van der Waals surface area contributed by atoms with Gasteiger partial charge in [-0.05, 0) is 23.8 Å². The molecule has 9 heteroatoms. The Kier molecular flexibility index (Phi) is 5.97. The van der Waals surface area contributed by atoms with Crippen LogP contribution in [0.5, 0.6) is 0 Å². The van der Waals surface area contributed by atoms with Crippen molar-refractivity contribution < 1.29 is 13.2 Å². The Balaban J connectivity index is 1.67. The van der Waals surface area contributed by atoms with Crippen molar-refractivity contribution in [2.75, 3.05) is 21.1 Å². The summed E-state index contributed by atoms with van der Waals surface area (Å²) in [5.41, 5.74) is 1.46. The molecule has 3 aromatic rings. The van der Waals surface area contributed by atoms with Gasteiger partial charge in [0.2, 0.25) is 10.0 Å². The van der Waals surface area contributed by atoms with Crippen LogP contribution in [0, 0.1) is 0 Å². The lowest BCUT2D eigenvalue weighted by atomic mass is 10.2. The molecule has 1 aromatic heterocycles. The molecular formula is C19H22N4O3S2. The lowest BCUT2D eigenvalue weighted by Gasteiger charge is -2.18. The molecule has 2 aromatic carbocycles. The molecule has 3 rings (SSSR count). The summed E-state index contributed by atoms with van der Waals surface area (Å²) in [5.74, 6) is 0. The molecule has 0 saturated heterocycles. The fourth-order valence-corrected chi connectivity index (χ4v) is 4.80. The van der Waals surface area contributed by atoms with Crippen molar-refractivity contribution in [3.8, 4) is 0 Å². The Hall–Kier alpha value is -2.49. The van der Waals surface area contributed by atoms with E-state index in [4.69, 9.17) is 0 Å². The van der Waals surface area contributed by atoms with Gasteiger partial charge in [-0.25, -0.2) is 22.5 Å². The summed E-state index contributed by atoms with van der Waals surface area (Å²) < 4.78 is 27.1. The Morgan fingerprint density at radius 3 is 2.46 bits per heavy atom. The van der Waals surface area contributed by atoms with E-state index in [9.17, 15) is 13.2 Å². The number of benzene rings is 2. The summed E-state index contributed by atoms with van der Waals surface area (Å²) in [6.07, 6.45) is 0. The van der Waals surface area contributed by atoms with Crippen LogP contribution in [0.25, 0.3) is 10.2 Å². The third-order valence-electron chi connectivity index (χ3n) is 4.22. The van der Waals surface area contributed by atoms with E-state index in [1.807, 2.05) is 24.3 Å². The highest BCUT2D eigenvalue weighted by Crippen LogP contribution is 2.22. The van der Waals surface area contributed by atoms with Crippen molar-refractivity contribution >= 4 is 37.6 Å². The number of para-hydroxylation sites is 1. The van der Waals surface area contributed by atoms with Gasteiger partial charge in [-0.15, -0.1) is 11.3 Å². The number of hydrogen-bond donors (Lipinski definition) is 1. The molecular weight excluding hydrogens is 396 g/mol. The maximum atomic E-state index is 12.5. The highest BCUT2D eigenvalue weighted by atomic mass is 32.2. The van der Waals surface area contributed by atoms with Crippen LogP contribution < -0.4 is 5.32 Å². The molecule has 148 valence electrons. The van der Waals surface area contributed by atoms with Gasteiger partial charge in [-0.1, -0.05) is 30.3 Å². The van der Waals surface area contributed by atoms with Gasteiger partial charge in [0, 0.05) is 27.7 Å². The van der Waals surface area contributed by atoms with E-state index in [0.717, 1.165) is 19.5 Å². The predicted octanol–water partition coefficient (Wildman–Crippen LogP) is 2.89. The average molecular weight is 419 g/mol. The van der Waals surface area contributed by atoms with E-state index in [0.29, 0.717) is 12.1 Å². The molecule has 0 atom stereocenters. The quantitative estimate of drug-likeness (QED) is 0.667. The molecule has 0 bridgehead atoms. The Morgan fingerprint density at radius 1 is 1.07 bits per heavy atom. The number of amides is 2. The first-order valence-electron chi connectivity index (χ1n) is 8.63. The molecule has 7 nitrogen and oxygen atoms in total. The number of carbonyl (C=O) groups excluding carboxylic acids is 1. The van der Waals surface area contributed by atoms with Crippen molar-refractivity contribution in [1.29, 1.82) is 0 Å². The second-order valence-corrected chi connectivity index (χ2v) is 9.72. The smallest absolute Gasteiger partial charge is 0.317 e. The Morgan fingerprint density at radius 2 is 1.75 bits per heavy atom. The third-order valence-corrected chi connectivity index (χ3v) is 7.16. The van der Waals surface area contributed by atoms with Gasteiger partial charge in [0.1, 0.15) is 5.01 Å². The van der Waals surface area contributed by atoms with Crippen LogP contribution in [-0.2, 0) is 23.1 Å². The SMILES string of the molecule is CN(Cc1nc2ccccc2s1)C(=O)NCc1ccccc1S(=O)(=O)N(C)C. The maximum Gasteiger partial charge on any atom is 0.317 e. The summed E-state index contributed by atoms with van der Waals surface area (Å²) in [7, 11) is 1.07. The maximum absolute atomic E-state index is 12.5. The van der Waals surface area contributed by atoms with Crippen LogP contribution in [0.4, 0.5) is 4.79 Å². The van der Waals surface area contributed by atoms with E-state index in [2.05, 4.69) is 10.3 Å². The Bertz CT molecular complexity index is 1060. The number of thiazole rings is 1. The molecule has 0 saturated carbocycles. The van der Waals surface area contributed by atoms with Crippen LogP contribution in [0.3, 0.4) is 0 Å². The zero-order valence-electron chi connectivity index (χ0n) is 15.9. The fraction of sp³-hybridized carbons (Fsp3) is 0.263. The number of carbonyl (C=O) groups is 1. The molecule has 28 heavy (non-hydrogen) atoms.